The molecule has 0 aromatic carbocycles. The molecule has 0 spiro atoms. The van der Waals surface area contributed by atoms with E-state index in [0.29, 0.717) is 112 Å². The van der Waals surface area contributed by atoms with Gasteiger partial charge in [0.1, 0.15) is 6.61 Å². The van der Waals surface area contributed by atoms with Crippen LogP contribution in [0.4, 0.5) is 0 Å². The summed E-state index contributed by atoms with van der Waals surface area (Å²) < 4.78 is 48.4. The van der Waals surface area contributed by atoms with E-state index < -0.39 is 0 Å². The SMILES string of the molecule is CCCCCCC(=O)OCCOCCOCCOCCOCCOCCOCCOCCOC(C)C. The first-order valence-corrected chi connectivity index (χ1v) is 13.5. The molecule has 0 saturated carbocycles. The molecule has 216 valence electrons. The fraction of sp³-hybridized carbons (Fsp3) is 0.962. The minimum Gasteiger partial charge on any atom is -0.463 e. The molecule has 0 bridgehead atoms. The summed E-state index contributed by atoms with van der Waals surface area (Å²) in [6, 6.07) is 0. The van der Waals surface area contributed by atoms with Gasteiger partial charge in [-0.15, -0.1) is 0 Å². The largest absolute Gasteiger partial charge is 0.463 e. The zero-order valence-corrected chi connectivity index (χ0v) is 23.0. The van der Waals surface area contributed by atoms with Crippen molar-refractivity contribution in [2.45, 2.75) is 59.0 Å². The Hall–Kier alpha value is -0.850. The van der Waals surface area contributed by atoms with Crippen molar-refractivity contribution in [2.75, 3.05) is 106 Å². The average molecular weight is 525 g/mol. The Kier molecular flexibility index (Phi) is 29.7. The molecule has 0 aliphatic heterocycles. The maximum atomic E-state index is 11.5. The summed E-state index contributed by atoms with van der Waals surface area (Å²) >= 11 is 0. The Morgan fingerprint density at radius 1 is 0.500 bits per heavy atom. The molecule has 0 saturated heterocycles. The van der Waals surface area contributed by atoms with Gasteiger partial charge in [0.05, 0.1) is 105 Å². The molecule has 0 radical (unpaired) electrons. The number of hydrogen-bond acceptors (Lipinski definition) is 10. The lowest BCUT2D eigenvalue weighted by Crippen LogP contribution is -2.15. The lowest BCUT2D eigenvalue weighted by molar-refractivity contribution is -0.145. The second-order valence-corrected chi connectivity index (χ2v) is 8.24. The summed E-state index contributed by atoms with van der Waals surface area (Å²) in [5.41, 5.74) is 0. The van der Waals surface area contributed by atoms with E-state index >= 15 is 0 Å². The van der Waals surface area contributed by atoms with Crippen LogP contribution in [-0.2, 0) is 47.4 Å². The minimum atomic E-state index is -0.147. The van der Waals surface area contributed by atoms with Crippen LogP contribution >= 0.6 is 0 Å². The van der Waals surface area contributed by atoms with Crippen LogP contribution in [0.25, 0.3) is 0 Å². The van der Waals surface area contributed by atoms with Gasteiger partial charge >= 0.3 is 5.97 Å². The zero-order chi connectivity index (χ0) is 26.4. The Morgan fingerprint density at radius 3 is 1.22 bits per heavy atom. The third-order valence-electron chi connectivity index (χ3n) is 4.64. The van der Waals surface area contributed by atoms with Crippen LogP contribution in [0.3, 0.4) is 0 Å². The predicted octanol–water partition coefficient (Wildman–Crippen LogP) is 3.04. The molecule has 0 N–H and O–H groups in total. The molecule has 0 aromatic heterocycles. The van der Waals surface area contributed by atoms with Gasteiger partial charge in [-0.05, 0) is 20.3 Å². The minimum absolute atomic E-state index is 0.147. The molecule has 0 rings (SSSR count). The Labute approximate surface area is 218 Å². The van der Waals surface area contributed by atoms with Gasteiger partial charge in [0.2, 0.25) is 0 Å². The maximum Gasteiger partial charge on any atom is 0.305 e. The molecule has 36 heavy (non-hydrogen) atoms. The van der Waals surface area contributed by atoms with E-state index in [1.54, 1.807) is 0 Å². The van der Waals surface area contributed by atoms with Crippen molar-refractivity contribution >= 4 is 5.97 Å². The summed E-state index contributed by atoms with van der Waals surface area (Å²) in [4.78, 5) is 11.5. The van der Waals surface area contributed by atoms with Gasteiger partial charge in [-0.1, -0.05) is 26.2 Å². The first kappa shape index (κ1) is 35.2. The van der Waals surface area contributed by atoms with Crippen LogP contribution in [0.5, 0.6) is 0 Å². The normalized spacial score (nSPS) is 11.4. The van der Waals surface area contributed by atoms with Crippen molar-refractivity contribution in [1.82, 2.24) is 0 Å². The maximum absolute atomic E-state index is 11.5. The monoisotopic (exact) mass is 524 g/mol. The number of carbonyl (C=O) groups is 1. The van der Waals surface area contributed by atoms with Crippen molar-refractivity contribution in [3.63, 3.8) is 0 Å². The fourth-order valence-electron chi connectivity index (χ4n) is 2.75. The van der Waals surface area contributed by atoms with Crippen LogP contribution in [0.1, 0.15) is 52.9 Å². The van der Waals surface area contributed by atoms with Crippen molar-refractivity contribution in [2.24, 2.45) is 0 Å². The third kappa shape index (κ3) is 31.2. The number of hydrogen-bond donors (Lipinski definition) is 0. The number of carbonyl (C=O) groups excluding carboxylic acids is 1. The standard InChI is InChI=1S/C26H52O10/c1-4-5-6-7-8-26(27)36-24-22-34-20-18-32-16-14-30-12-10-28-9-11-29-13-15-31-17-19-33-21-23-35-25(2)3/h25H,4-24H2,1-3H3. The van der Waals surface area contributed by atoms with Crippen molar-refractivity contribution in [3.8, 4) is 0 Å². The van der Waals surface area contributed by atoms with Crippen molar-refractivity contribution < 1.29 is 47.4 Å². The molecule has 0 aromatic rings. The lowest BCUT2D eigenvalue weighted by atomic mass is 10.2. The lowest BCUT2D eigenvalue weighted by Gasteiger charge is -2.09. The van der Waals surface area contributed by atoms with E-state index in [4.69, 9.17) is 42.6 Å². The summed E-state index contributed by atoms with van der Waals surface area (Å²) in [6.07, 6.45) is 5.02. The summed E-state index contributed by atoms with van der Waals surface area (Å²) in [7, 11) is 0. The Balaban J connectivity index is 3.08. The van der Waals surface area contributed by atoms with Crippen LogP contribution in [0.15, 0.2) is 0 Å². The van der Waals surface area contributed by atoms with E-state index in [1.807, 2.05) is 13.8 Å². The highest BCUT2D eigenvalue weighted by atomic mass is 16.6. The summed E-state index contributed by atoms with van der Waals surface area (Å²) in [5.74, 6) is -0.147. The zero-order valence-electron chi connectivity index (χ0n) is 23.0. The van der Waals surface area contributed by atoms with Gasteiger partial charge in [0.15, 0.2) is 0 Å². The highest BCUT2D eigenvalue weighted by Gasteiger charge is 2.02. The smallest absolute Gasteiger partial charge is 0.305 e. The molecule has 0 aliphatic rings. The van der Waals surface area contributed by atoms with Crippen LogP contribution < -0.4 is 0 Å². The Morgan fingerprint density at radius 2 is 0.861 bits per heavy atom. The topological polar surface area (TPSA) is 100 Å². The first-order valence-electron chi connectivity index (χ1n) is 13.5. The number of ether oxygens (including phenoxy) is 9. The molecule has 0 atom stereocenters. The second-order valence-electron chi connectivity index (χ2n) is 8.24. The molecule has 10 nitrogen and oxygen atoms in total. The fourth-order valence-corrected chi connectivity index (χ4v) is 2.75. The number of esters is 1. The van der Waals surface area contributed by atoms with E-state index in [1.165, 1.54) is 0 Å². The first-order chi connectivity index (χ1) is 17.7. The quantitative estimate of drug-likeness (QED) is 0.103. The molecule has 10 heteroatoms. The van der Waals surface area contributed by atoms with Gasteiger partial charge in [-0.3, -0.25) is 4.79 Å². The molecule has 0 aliphatic carbocycles. The molecular formula is C26H52O10. The molecule has 0 unspecified atom stereocenters. The average Bonchev–Trinajstić information content (AvgIpc) is 2.86. The molecular weight excluding hydrogens is 472 g/mol. The molecule has 0 heterocycles. The number of unbranched alkanes of at least 4 members (excludes halogenated alkanes) is 3. The van der Waals surface area contributed by atoms with E-state index in [9.17, 15) is 4.79 Å². The molecule has 0 amide bonds. The van der Waals surface area contributed by atoms with Gasteiger partial charge in [0.25, 0.3) is 0 Å². The second kappa shape index (κ2) is 30.4. The summed E-state index contributed by atoms with van der Waals surface area (Å²) in [5, 5.41) is 0. The van der Waals surface area contributed by atoms with E-state index in [2.05, 4.69) is 6.92 Å². The van der Waals surface area contributed by atoms with Crippen molar-refractivity contribution in [1.29, 1.82) is 0 Å². The predicted molar refractivity (Wildman–Crippen MR) is 137 cm³/mol. The third-order valence-corrected chi connectivity index (χ3v) is 4.64. The van der Waals surface area contributed by atoms with Gasteiger partial charge in [-0.25, -0.2) is 0 Å². The highest BCUT2D eigenvalue weighted by molar-refractivity contribution is 5.69. The van der Waals surface area contributed by atoms with Gasteiger partial charge in [0, 0.05) is 6.42 Å². The van der Waals surface area contributed by atoms with Crippen LogP contribution in [0.2, 0.25) is 0 Å². The van der Waals surface area contributed by atoms with E-state index in [0.717, 1.165) is 25.7 Å². The van der Waals surface area contributed by atoms with Gasteiger partial charge < -0.3 is 42.6 Å². The van der Waals surface area contributed by atoms with Crippen LogP contribution in [0, 0.1) is 0 Å². The molecule has 0 fully saturated rings. The highest BCUT2D eigenvalue weighted by Crippen LogP contribution is 2.03. The van der Waals surface area contributed by atoms with Gasteiger partial charge in [-0.2, -0.15) is 0 Å². The number of rotatable bonds is 30. The Bertz CT molecular complexity index is 437. The summed E-state index contributed by atoms with van der Waals surface area (Å²) in [6.45, 7) is 14.2. The van der Waals surface area contributed by atoms with Crippen LogP contribution in [-0.4, -0.2) is 118 Å². The van der Waals surface area contributed by atoms with E-state index in [-0.39, 0.29) is 12.1 Å². The van der Waals surface area contributed by atoms with Crippen molar-refractivity contribution in [3.05, 3.63) is 0 Å².